The zero-order valence-corrected chi connectivity index (χ0v) is 10.6. The van der Waals surface area contributed by atoms with Crippen molar-refractivity contribution >= 4 is 23.5 Å². The third-order valence-corrected chi connectivity index (χ3v) is 3.00. The first-order valence-corrected chi connectivity index (χ1v) is 5.81. The summed E-state index contributed by atoms with van der Waals surface area (Å²) in [5.41, 5.74) is 0.0126. The third-order valence-electron chi connectivity index (χ3n) is 3.00. The minimum absolute atomic E-state index is 0.166. The molecule has 0 radical (unpaired) electrons. The van der Waals surface area contributed by atoms with Gasteiger partial charge in [0.2, 0.25) is 0 Å². The number of carbonyl (C=O) groups is 3. The maximum atomic E-state index is 12.3. The van der Waals surface area contributed by atoms with Crippen LogP contribution < -0.4 is 0 Å². The lowest BCUT2D eigenvalue weighted by atomic mass is 10.1. The molecule has 2 amide bonds. The minimum Gasteiger partial charge on any atom is -0.467 e. The zero-order valence-electron chi connectivity index (χ0n) is 10.6. The summed E-state index contributed by atoms with van der Waals surface area (Å²) in [5.74, 6) is -2.16. The van der Waals surface area contributed by atoms with E-state index in [4.69, 9.17) is 5.21 Å². The summed E-state index contributed by atoms with van der Waals surface area (Å²) in [4.78, 5) is 36.7. The number of oxime groups is 1. The van der Waals surface area contributed by atoms with E-state index >= 15 is 0 Å². The van der Waals surface area contributed by atoms with Crippen LogP contribution in [0.25, 0.3) is 0 Å². The van der Waals surface area contributed by atoms with Gasteiger partial charge in [0, 0.05) is 12.0 Å². The summed E-state index contributed by atoms with van der Waals surface area (Å²) in [6.45, 7) is 0. The van der Waals surface area contributed by atoms with E-state index in [0.29, 0.717) is 0 Å². The van der Waals surface area contributed by atoms with Gasteiger partial charge in [0.25, 0.3) is 11.8 Å². The van der Waals surface area contributed by atoms with Crippen molar-refractivity contribution in [1.29, 1.82) is 0 Å². The maximum absolute atomic E-state index is 12.3. The number of hydrogen-bond acceptors (Lipinski definition) is 6. The van der Waals surface area contributed by atoms with Gasteiger partial charge in [-0.2, -0.15) is 0 Å². The van der Waals surface area contributed by atoms with Crippen LogP contribution in [-0.4, -0.2) is 46.8 Å². The predicted octanol–water partition coefficient (Wildman–Crippen LogP) is 0.431. The Balaban J connectivity index is 2.38. The number of amides is 2. The largest absolute Gasteiger partial charge is 0.467 e. The van der Waals surface area contributed by atoms with E-state index in [0.717, 1.165) is 12.0 Å². The second-order valence-corrected chi connectivity index (χ2v) is 4.14. The molecule has 7 heteroatoms. The van der Waals surface area contributed by atoms with Gasteiger partial charge in [0.1, 0.15) is 11.8 Å². The number of esters is 1. The molecule has 0 bridgehead atoms. The summed E-state index contributed by atoms with van der Waals surface area (Å²) >= 11 is 0. The van der Waals surface area contributed by atoms with Gasteiger partial charge in [0.05, 0.1) is 7.11 Å². The quantitative estimate of drug-likeness (QED) is 0.366. The molecule has 0 aromatic heterocycles. The fraction of sp³-hybridized carbons (Fsp3) is 0.231. The van der Waals surface area contributed by atoms with Crippen molar-refractivity contribution < 1.29 is 24.3 Å². The van der Waals surface area contributed by atoms with Crippen LogP contribution in [-0.2, 0) is 14.3 Å². The van der Waals surface area contributed by atoms with Crippen molar-refractivity contribution in [3.63, 3.8) is 0 Å². The van der Waals surface area contributed by atoms with E-state index < -0.39 is 23.8 Å². The fourth-order valence-corrected chi connectivity index (χ4v) is 2.00. The molecule has 0 spiro atoms. The number of ether oxygens (including phenoxy) is 1. The number of carbonyl (C=O) groups excluding carboxylic acids is 3. The second-order valence-electron chi connectivity index (χ2n) is 4.14. The number of rotatable bonds is 2. The molecule has 0 saturated carbocycles. The highest BCUT2D eigenvalue weighted by Crippen LogP contribution is 2.21. The van der Waals surface area contributed by atoms with Crippen LogP contribution in [0, 0.1) is 0 Å². The molecule has 104 valence electrons. The van der Waals surface area contributed by atoms with Gasteiger partial charge >= 0.3 is 5.97 Å². The molecule has 1 atom stereocenters. The average Bonchev–Trinajstić information content (AvgIpc) is 2.83. The molecule has 0 aliphatic carbocycles. The van der Waals surface area contributed by atoms with Gasteiger partial charge in [-0.1, -0.05) is 23.4 Å². The minimum atomic E-state index is -1.11. The van der Waals surface area contributed by atoms with Crippen LogP contribution in [0.5, 0.6) is 0 Å². The second kappa shape index (κ2) is 5.52. The van der Waals surface area contributed by atoms with Gasteiger partial charge < -0.3 is 9.94 Å². The molecule has 1 aromatic carbocycles. The van der Waals surface area contributed by atoms with Crippen molar-refractivity contribution in [3.05, 3.63) is 35.9 Å². The number of nitrogens with zero attached hydrogens (tertiary/aromatic N) is 2. The van der Waals surface area contributed by atoms with E-state index in [2.05, 4.69) is 9.89 Å². The average molecular weight is 276 g/mol. The van der Waals surface area contributed by atoms with Crippen LogP contribution in [0.4, 0.5) is 0 Å². The van der Waals surface area contributed by atoms with Gasteiger partial charge in [-0.15, -0.1) is 0 Å². The molecule has 1 aromatic rings. The van der Waals surface area contributed by atoms with E-state index in [9.17, 15) is 14.4 Å². The van der Waals surface area contributed by atoms with E-state index in [1.54, 1.807) is 18.2 Å². The summed E-state index contributed by atoms with van der Waals surface area (Å²) < 4.78 is 4.57. The highest BCUT2D eigenvalue weighted by molar-refractivity contribution is 6.45. The Bertz CT molecular complexity index is 582. The molecule has 1 heterocycles. The molecule has 7 nitrogen and oxygen atoms in total. The Hall–Kier alpha value is -2.70. The molecule has 1 fully saturated rings. The standard InChI is InChI=1S/C13H12N2O5/c1-20-13(18)10-7-9(14-19)12(17)15(10)11(16)8-5-3-2-4-6-8/h2-6,10,19H,7H2,1H3/b14-9+/t10-/m0/s1. The lowest BCUT2D eigenvalue weighted by Crippen LogP contribution is -2.43. The molecular weight excluding hydrogens is 264 g/mol. The van der Waals surface area contributed by atoms with Crippen molar-refractivity contribution in [2.75, 3.05) is 7.11 Å². The van der Waals surface area contributed by atoms with Gasteiger partial charge in [0.15, 0.2) is 0 Å². The fourth-order valence-electron chi connectivity index (χ4n) is 2.00. The van der Waals surface area contributed by atoms with Crippen molar-refractivity contribution in [2.24, 2.45) is 5.16 Å². The Morgan fingerprint density at radius 2 is 2.00 bits per heavy atom. The SMILES string of the molecule is COC(=O)[C@@H]1C/C(=N\O)C(=O)N1C(=O)c1ccccc1. The molecule has 1 saturated heterocycles. The highest BCUT2D eigenvalue weighted by Gasteiger charge is 2.45. The molecule has 2 rings (SSSR count). The summed E-state index contributed by atoms with van der Waals surface area (Å²) in [5, 5.41) is 11.6. The number of imide groups is 1. The Kier molecular flexibility index (Phi) is 3.79. The molecule has 20 heavy (non-hydrogen) atoms. The van der Waals surface area contributed by atoms with Crippen molar-refractivity contribution in [3.8, 4) is 0 Å². The summed E-state index contributed by atoms with van der Waals surface area (Å²) in [6.07, 6.45) is -0.166. The molecule has 1 aliphatic rings. The number of benzene rings is 1. The monoisotopic (exact) mass is 276 g/mol. The molecular formula is C13H12N2O5. The van der Waals surface area contributed by atoms with Gasteiger partial charge in [-0.3, -0.25) is 14.5 Å². The Morgan fingerprint density at radius 1 is 1.35 bits per heavy atom. The summed E-state index contributed by atoms with van der Waals surface area (Å²) in [7, 11) is 1.16. The van der Waals surface area contributed by atoms with Crippen LogP contribution in [0.1, 0.15) is 16.8 Å². The van der Waals surface area contributed by atoms with E-state index in [1.165, 1.54) is 12.1 Å². The zero-order chi connectivity index (χ0) is 14.7. The number of likely N-dealkylation sites (tertiary alicyclic amines) is 1. The van der Waals surface area contributed by atoms with Crippen LogP contribution in [0.3, 0.4) is 0 Å². The van der Waals surface area contributed by atoms with Gasteiger partial charge in [-0.05, 0) is 12.1 Å². The first-order chi connectivity index (χ1) is 9.60. The lowest BCUT2D eigenvalue weighted by molar-refractivity contribution is -0.147. The third kappa shape index (κ3) is 2.25. The first-order valence-electron chi connectivity index (χ1n) is 5.81. The van der Waals surface area contributed by atoms with Crippen molar-refractivity contribution in [2.45, 2.75) is 12.5 Å². The summed E-state index contributed by atoms with van der Waals surface area (Å²) in [6, 6.07) is 6.95. The Labute approximate surface area is 114 Å². The van der Waals surface area contributed by atoms with E-state index in [-0.39, 0.29) is 17.7 Å². The van der Waals surface area contributed by atoms with Crippen LogP contribution >= 0.6 is 0 Å². The Morgan fingerprint density at radius 3 is 2.55 bits per heavy atom. The highest BCUT2D eigenvalue weighted by atomic mass is 16.5. The number of methoxy groups -OCH3 is 1. The predicted molar refractivity (Wildman–Crippen MR) is 67.3 cm³/mol. The van der Waals surface area contributed by atoms with Crippen LogP contribution in [0.2, 0.25) is 0 Å². The normalized spacial score (nSPS) is 20.2. The lowest BCUT2D eigenvalue weighted by Gasteiger charge is -2.20. The van der Waals surface area contributed by atoms with Gasteiger partial charge in [-0.25, -0.2) is 4.79 Å². The van der Waals surface area contributed by atoms with E-state index in [1.807, 2.05) is 0 Å². The van der Waals surface area contributed by atoms with Crippen molar-refractivity contribution in [1.82, 2.24) is 4.90 Å². The first kappa shape index (κ1) is 13.7. The topological polar surface area (TPSA) is 96.3 Å². The molecule has 1 aliphatic heterocycles. The smallest absolute Gasteiger partial charge is 0.329 e. The number of hydrogen-bond donors (Lipinski definition) is 1. The molecule has 1 N–H and O–H groups in total. The maximum Gasteiger partial charge on any atom is 0.329 e. The molecule has 0 unspecified atom stereocenters. The van der Waals surface area contributed by atoms with Crippen LogP contribution in [0.15, 0.2) is 35.5 Å².